The number of benzene rings is 2. The van der Waals surface area contributed by atoms with E-state index in [0.717, 1.165) is 10.0 Å². The summed E-state index contributed by atoms with van der Waals surface area (Å²) >= 11 is 3.44. The number of nitrogens with zero attached hydrogens (tertiary/aromatic N) is 1. The van der Waals surface area contributed by atoms with Crippen molar-refractivity contribution in [1.29, 1.82) is 0 Å². The number of ether oxygens (including phenoxy) is 4. The van der Waals surface area contributed by atoms with Gasteiger partial charge in [0.1, 0.15) is 12.4 Å². The largest absolute Gasteiger partial charge is 0.490 e. The molecule has 0 saturated carbocycles. The molecule has 0 spiro atoms. The van der Waals surface area contributed by atoms with Crippen LogP contribution >= 0.6 is 15.9 Å². The van der Waals surface area contributed by atoms with Crippen molar-refractivity contribution in [3.8, 4) is 17.2 Å². The molecule has 2 amide bonds. The highest BCUT2D eigenvalue weighted by molar-refractivity contribution is 9.10. The van der Waals surface area contributed by atoms with Gasteiger partial charge in [-0.2, -0.15) is 5.10 Å². The van der Waals surface area contributed by atoms with E-state index in [-0.39, 0.29) is 18.3 Å². The molecular weight excluding hydrogens is 572 g/mol. The van der Waals surface area contributed by atoms with E-state index in [4.69, 9.17) is 18.9 Å². The Morgan fingerprint density at radius 3 is 2.62 bits per heavy atom. The molecule has 0 radical (unpaired) electrons. The van der Waals surface area contributed by atoms with E-state index in [2.05, 4.69) is 37.1 Å². The number of rotatable bonds is 12. The lowest BCUT2D eigenvalue weighted by Gasteiger charge is -2.28. The van der Waals surface area contributed by atoms with Crippen LogP contribution in [0.4, 0.5) is 4.79 Å². The van der Waals surface area contributed by atoms with Gasteiger partial charge in [0.15, 0.2) is 17.7 Å². The normalized spacial score (nSPS) is 16.0. The van der Waals surface area contributed by atoms with Crippen molar-refractivity contribution in [2.75, 3.05) is 20.3 Å². The minimum absolute atomic E-state index is 0.00523. The van der Waals surface area contributed by atoms with Crippen molar-refractivity contribution in [2.45, 2.75) is 46.1 Å². The minimum atomic E-state index is -1.13. The Morgan fingerprint density at radius 2 is 1.92 bits per heavy atom. The second kappa shape index (κ2) is 13.9. The van der Waals surface area contributed by atoms with Gasteiger partial charge in [-0.15, -0.1) is 0 Å². The Kier molecular flexibility index (Phi) is 10.6. The van der Waals surface area contributed by atoms with Crippen LogP contribution in [0, 0.1) is 0 Å². The topological polar surface area (TPSA) is 140 Å². The quantitative estimate of drug-likeness (QED) is 0.124. The van der Waals surface area contributed by atoms with Crippen LogP contribution in [0.3, 0.4) is 0 Å². The van der Waals surface area contributed by atoms with Gasteiger partial charge in [0.2, 0.25) is 0 Å². The number of halogens is 1. The zero-order valence-corrected chi connectivity index (χ0v) is 24.0. The number of aliphatic hydroxyl groups excluding tert-OH is 1. The molecule has 210 valence electrons. The highest BCUT2D eigenvalue weighted by Crippen LogP contribution is 2.35. The standard InChI is InChI=1S/C27H33BrN4O7/c1-6-37-22-12-17(25-24(26(34)36-5)16(4)30-27(35)31-25)7-9-21(22)38-14-23(33)32-29-13-18-11-19(28)8-10-20(18)39-15(2)3/h7-13,15,23,25,32-33H,6,14H2,1-5H3,(H2,30,31,35)/b29-13+/t23-,25-/m1/s1. The number of amides is 2. The molecule has 2 atom stereocenters. The maximum atomic E-state index is 12.4. The van der Waals surface area contributed by atoms with E-state index in [0.29, 0.717) is 35.1 Å². The van der Waals surface area contributed by atoms with Crippen LogP contribution in [0.2, 0.25) is 0 Å². The number of urea groups is 1. The average Bonchev–Trinajstić information content (AvgIpc) is 2.88. The van der Waals surface area contributed by atoms with E-state index < -0.39 is 24.3 Å². The zero-order chi connectivity index (χ0) is 28.5. The van der Waals surface area contributed by atoms with Gasteiger partial charge >= 0.3 is 12.0 Å². The molecule has 39 heavy (non-hydrogen) atoms. The first-order valence-electron chi connectivity index (χ1n) is 12.3. The van der Waals surface area contributed by atoms with Gasteiger partial charge in [0, 0.05) is 15.7 Å². The Hall–Kier alpha value is -3.77. The third-order valence-corrected chi connectivity index (χ3v) is 5.93. The molecule has 2 aromatic rings. The second-order valence-corrected chi connectivity index (χ2v) is 9.68. The molecule has 4 N–H and O–H groups in total. The van der Waals surface area contributed by atoms with Crippen LogP contribution in [0.15, 0.2) is 57.2 Å². The van der Waals surface area contributed by atoms with Gasteiger partial charge in [0.05, 0.1) is 37.7 Å². The summed E-state index contributed by atoms with van der Waals surface area (Å²) in [6.45, 7) is 7.52. The first kappa shape index (κ1) is 29.8. The van der Waals surface area contributed by atoms with Crippen molar-refractivity contribution in [3.63, 3.8) is 0 Å². The number of nitrogens with one attached hydrogen (secondary N) is 3. The Morgan fingerprint density at radius 1 is 1.18 bits per heavy atom. The van der Waals surface area contributed by atoms with Gasteiger partial charge in [-0.25, -0.2) is 9.59 Å². The number of allylic oxidation sites excluding steroid dienone is 1. The van der Waals surface area contributed by atoms with Crippen LogP contribution in [-0.2, 0) is 9.53 Å². The Balaban J connectivity index is 1.71. The Labute approximate surface area is 235 Å². The summed E-state index contributed by atoms with van der Waals surface area (Å²) in [4.78, 5) is 24.5. The van der Waals surface area contributed by atoms with Crippen molar-refractivity contribution in [3.05, 3.63) is 63.3 Å². The smallest absolute Gasteiger partial charge is 0.337 e. The fourth-order valence-corrected chi connectivity index (χ4v) is 4.18. The van der Waals surface area contributed by atoms with Crippen LogP contribution in [0.25, 0.3) is 0 Å². The molecule has 2 aromatic carbocycles. The fourth-order valence-electron chi connectivity index (χ4n) is 3.80. The third-order valence-electron chi connectivity index (χ3n) is 5.43. The van der Waals surface area contributed by atoms with Crippen LogP contribution in [0.1, 0.15) is 44.9 Å². The van der Waals surface area contributed by atoms with Crippen molar-refractivity contribution >= 4 is 34.1 Å². The zero-order valence-electron chi connectivity index (χ0n) is 22.4. The summed E-state index contributed by atoms with van der Waals surface area (Å²) < 4.78 is 23.1. The van der Waals surface area contributed by atoms with Crippen molar-refractivity contribution < 1.29 is 33.6 Å². The Bertz CT molecular complexity index is 1250. The van der Waals surface area contributed by atoms with E-state index in [1.807, 2.05) is 39.0 Å². The number of esters is 1. The highest BCUT2D eigenvalue weighted by atomic mass is 79.9. The lowest BCUT2D eigenvalue weighted by molar-refractivity contribution is -0.136. The van der Waals surface area contributed by atoms with Gasteiger partial charge in [-0.05, 0) is 63.6 Å². The van der Waals surface area contributed by atoms with Crippen LogP contribution < -0.4 is 30.3 Å². The lowest BCUT2D eigenvalue weighted by Crippen LogP contribution is -2.45. The first-order valence-corrected chi connectivity index (χ1v) is 13.1. The number of aliphatic hydroxyl groups is 1. The molecule has 12 heteroatoms. The van der Waals surface area contributed by atoms with E-state index in [9.17, 15) is 14.7 Å². The second-order valence-electron chi connectivity index (χ2n) is 8.76. The number of hydrogen-bond donors (Lipinski definition) is 4. The van der Waals surface area contributed by atoms with Gasteiger partial charge in [0.25, 0.3) is 0 Å². The predicted molar refractivity (Wildman–Crippen MR) is 149 cm³/mol. The first-order chi connectivity index (χ1) is 18.6. The van der Waals surface area contributed by atoms with E-state index >= 15 is 0 Å². The molecule has 0 aliphatic carbocycles. The molecule has 0 bridgehead atoms. The SMILES string of the molecule is CCOc1cc([C@H]2NC(=O)NC(C)=C2C(=O)OC)ccc1OC[C@@H](O)N/N=C/c1cc(Br)ccc1OC(C)C. The van der Waals surface area contributed by atoms with Crippen molar-refractivity contribution in [1.82, 2.24) is 16.1 Å². The number of hydrogen-bond acceptors (Lipinski definition) is 9. The molecule has 3 rings (SSSR count). The van der Waals surface area contributed by atoms with Crippen LogP contribution in [0.5, 0.6) is 17.2 Å². The maximum Gasteiger partial charge on any atom is 0.337 e. The van der Waals surface area contributed by atoms with Gasteiger partial charge in [-0.1, -0.05) is 22.0 Å². The average molecular weight is 605 g/mol. The van der Waals surface area contributed by atoms with E-state index in [1.165, 1.54) is 7.11 Å². The van der Waals surface area contributed by atoms with Crippen molar-refractivity contribution in [2.24, 2.45) is 5.10 Å². The summed E-state index contributed by atoms with van der Waals surface area (Å²) in [5.41, 5.74) is 4.62. The van der Waals surface area contributed by atoms with Gasteiger partial charge < -0.3 is 34.7 Å². The number of hydrazone groups is 1. The molecule has 11 nitrogen and oxygen atoms in total. The molecular formula is C27H33BrN4O7. The highest BCUT2D eigenvalue weighted by Gasteiger charge is 2.32. The van der Waals surface area contributed by atoms with E-state index in [1.54, 1.807) is 31.3 Å². The molecule has 0 fully saturated rings. The molecule has 1 aliphatic rings. The molecule has 0 saturated heterocycles. The predicted octanol–water partition coefficient (Wildman–Crippen LogP) is 3.76. The fraction of sp³-hybridized carbons (Fsp3) is 0.370. The maximum absolute atomic E-state index is 12.4. The lowest BCUT2D eigenvalue weighted by atomic mass is 9.95. The molecule has 0 unspecified atom stereocenters. The van der Waals surface area contributed by atoms with Gasteiger partial charge in [-0.3, -0.25) is 5.43 Å². The number of carbonyl (C=O) groups excluding carboxylic acids is 2. The monoisotopic (exact) mass is 604 g/mol. The summed E-state index contributed by atoms with van der Waals surface area (Å²) in [5, 5.41) is 19.8. The summed E-state index contributed by atoms with van der Waals surface area (Å²) in [5.74, 6) is 0.843. The number of methoxy groups -OCH3 is 1. The third kappa shape index (κ3) is 8.11. The minimum Gasteiger partial charge on any atom is -0.490 e. The summed E-state index contributed by atoms with van der Waals surface area (Å²) in [7, 11) is 1.28. The molecule has 1 heterocycles. The summed E-state index contributed by atoms with van der Waals surface area (Å²) in [6.07, 6.45) is 0.417. The molecule has 0 aromatic heterocycles. The number of carbonyl (C=O) groups is 2. The summed E-state index contributed by atoms with van der Waals surface area (Å²) in [6, 6.07) is 9.40. The van der Waals surface area contributed by atoms with Crippen LogP contribution in [-0.4, -0.2) is 56.0 Å². The molecule has 1 aliphatic heterocycles.